The highest BCUT2D eigenvalue weighted by molar-refractivity contribution is 9.10. The van der Waals surface area contributed by atoms with E-state index in [0.717, 1.165) is 46.6 Å². The fourth-order valence-corrected chi connectivity index (χ4v) is 4.32. The standard InChI is InChI=1S/C19H20BrClN4O2/c1-27-18-4-11(10-26)13(5-15(18)21)16-9-25-8-14(20)17(6-19(25)23-16)24-3-2-12(22)7-24/h4-6,8-9,12,26H,2-3,7,10,22H2,1H3/t12-/m0/s1. The van der Waals surface area contributed by atoms with Crippen LogP contribution in [0.3, 0.4) is 0 Å². The van der Waals surface area contributed by atoms with Crippen LogP contribution in [0.15, 0.2) is 35.1 Å². The molecule has 3 heterocycles. The summed E-state index contributed by atoms with van der Waals surface area (Å²) in [5.74, 6) is 0.531. The van der Waals surface area contributed by atoms with Gasteiger partial charge in [0.05, 0.1) is 34.6 Å². The normalized spacial score (nSPS) is 17.1. The highest BCUT2D eigenvalue weighted by Crippen LogP contribution is 2.35. The van der Waals surface area contributed by atoms with Crippen LogP contribution in [-0.2, 0) is 6.61 Å². The van der Waals surface area contributed by atoms with Crippen molar-refractivity contribution in [2.24, 2.45) is 5.73 Å². The van der Waals surface area contributed by atoms with Gasteiger partial charge in [0, 0.05) is 43.2 Å². The number of hydrogen-bond acceptors (Lipinski definition) is 5. The van der Waals surface area contributed by atoms with Gasteiger partial charge in [0.2, 0.25) is 0 Å². The second-order valence-corrected chi connectivity index (χ2v) is 7.96. The average molecular weight is 452 g/mol. The molecular weight excluding hydrogens is 432 g/mol. The lowest BCUT2D eigenvalue weighted by molar-refractivity contribution is 0.281. The highest BCUT2D eigenvalue weighted by atomic mass is 79.9. The van der Waals surface area contributed by atoms with Crippen molar-refractivity contribution in [2.75, 3.05) is 25.1 Å². The van der Waals surface area contributed by atoms with Crippen LogP contribution in [0.5, 0.6) is 5.75 Å². The van der Waals surface area contributed by atoms with Crippen molar-refractivity contribution in [3.63, 3.8) is 0 Å². The van der Waals surface area contributed by atoms with Crippen LogP contribution in [-0.4, -0.2) is 40.7 Å². The lowest BCUT2D eigenvalue weighted by Crippen LogP contribution is -2.26. The molecule has 0 radical (unpaired) electrons. The molecule has 6 nitrogen and oxygen atoms in total. The molecule has 1 saturated heterocycles. The Morgan fingerprint density at radius 1 is 1.37 bits per heavy atom. The number of methoxy groups -OCH3 is 1. The number of benzene rings is 1. The number of pyridine rings is 1. The lowest BCUT2D eigenvalue weighted by atomic mass is 10.1. The number of aromatic nitrogens is 2. The van der Waals surface area contributed by atoms with Crippen molar-refractivity contribution in [1.29, 1.82) is 0 Å². The number of hydrogen-bond donors (Lipinski definition) is 2. The van der Waals surface area contributed by atoms with Crippen molar-refractivity contribution in [1.82, 2.24) is 9.38 Å². The van der Waals surface area contributed by atoms with Gasteiger partial charge >= 0.3 is 0 Å². The Kier molecular flexibility index (Phi) is 5.03. The van der Waals surface area contributed by atoms with Gasteiger partial charge in [-0.2, -0.15) is 0 Å². The zero-order chi connectivity index (χ0) is 19.1. The molecule has 0 amide bonds. The number of aliphatic hydroxyl groups excluding tert-OH is 1. The molecule has 3 N–H and O–H groups in total. The zero-order valence-electron chi connectivity index (χ0n) is 14.8. The molecule has 8 heteroatoms. The largest absolute Gasteiger partial charge is 0.495 e. The van der Waals surface area contributed by atoms with Crippen LogP contribution in [0.25, 0.3) is 16.9 Å². The van der Waals surface area contributed by atoms with Gasteiger partial charge in [0.25, 0.3) is 0 Å². The van der Waals surface area contributed by atoms with E-state index in [0.29, 0.717) is 16.3 Å². The van der Waals surface area contributed by atoms with E-state index >= 15 is 0 Å². The molecule has 1 aromatic carbocycles. The van der Waals surface area contributed by atoms with E-state index in [1.807, 2.05) is 16.8 Å². The maximum Gasteiger partial charge on any atom is 0.139 e. The average Bonchev–Trinajstić information content (AvgIpc) is 3.26. The molecular formula is C19H20BrClN4O2. The van der Waals surface area contributed by atoms with Crippen LogP contribution in [0.4, 0.5) is 5.69 Å². The molecule has 142 valence electrons. The van der Waals surface area contributed by atoms with E-state index in [1.54, 1.807) is 19.2 Å². The van der Waals surface area contributed by atoms with Crippen molar-refractivity contribution >= 4 is 38.9 Å². The molecule has 0 bridgehead atoms. The number of fused-ring (bicyclic) bond motifs is 1. The van der Waals surface area contributed by atoms with Crippen LogP contribution in [0.2, 0.25) is 5.02 Å². The molecule has 1 aliphatic heterocycles. The van der Waals surface area contributed by atoms with Gasteiger partial charge in [-0.3, -0.25) is 0 Å². The number of nitrogens with zero attached hydrogens (tertiary/aromatic N) is 3. The topological polar surface area (TPSA) is 76.0 Å². The van der Waals surface area contributed by atoms with E-state index in [4.69, 9.17) is 27.1 Å². The van der Waals surface area contributed by atoms with Gasteiger partial charge < -0.3 is 24.9 Å². The van der Waals surface area contributed by atoms with E-state index in [1.165, 1.54) is 0 Å². The number of anilines is 1. The quantitative estimate of drug-likeness (QED) is 0.635. The van der Waals surface area contributed by atoms with Crippen LogP contribution in [0.1, 0.15) is 12.0 Å². The van der Waals surface area contributed by atoms with E-state index in [-0.39, 0.29) is 12.6 Å². The first kappa shape index (κ1) is 18.6. The fourth-order valence-electron chi connectivity index (χ4n) is 3.50. The van der Waals surface area contributed by atoms with Gasteiger partial charge in [-0.05, 0) is 40.0 Å². The summed E-state index contributed by atoms with van der Waals surface area (Å²) in [5, 5.41) is 10.2. The molecule has 0 saturated carbocycles. The van der Waals surface area contributed by atoms with Crippen LogP contribution >= 0.6 is 27.5 Å². The first-order valence-electron chi connectivity index (χ1n) is 8.66. The zero-order valence-corrected chi connectivity index (χ0v) is 17.2. The number of nitrogens with two attached hydrogens (primary N) is 1. The van der Waals surface area contributed by atoms with E-state index in [9.17, 15) is 5.11 Å². The third kappa shape index (κ3) is 3.40. The Labute approximate surface area is 170 Å². The maximum absolute atomic E-state index is 9.76. The van der Waals surface area contributed by atoms with Gasteiger partial charge in [0.15, 0.2) is 0 Å². The summed E-state index contributed by atoms with van der Waals surface area (Å²) in [6, 6.07) is 5.78. The molecule has 2 aromatic heterocycles. The molecule has 0 spiro atoms. The molecule has 3 aromatic rings. The van der Waals surface area contributed by atoms with Gasteiger partial charge in [-0.25, -0.2) is 4.98 Å². The summed E-state index contributed by atoms with van der Waals surface area (Å²) in [5.41, 5.74) is 10.2. The molecule has 1 aliphatic rings. The Morgan fingerprint density at radius 3 is 2.85 bits per heavy atom. The van der Waals surface area contributed by atoms with Crippen molar-refractivity contribution in [3.05, 3.63) is 45.7 Å². The molecule has 1 atom stereocenters. The second kappa shape index (κ2) is 7.31. The smallest absolute Gasteiger partial charge is 0.139 e. The lowest BCUT2D eigenvalue weighted by Gasteiger charge is -2.19. The minimum absolute atomic E-state index is 0.128. The maximum atomic E-state index is 9.76. The molecule has 0 aliphatic carbocycles. The SMILES string of the molecule is COc1cc(CO)c(-c2cn3cc(Br)c(N4CC[C@H](N)C4)cc3n2)cc1Cl. The highest BCUT2D eigenvalue weighted by Gasteiger charge is 2.22. The fraction of sp³-hybridized carbons (Fsp3) is 0.316. The van der Waals surface area contributed by atoms with Gasteiger partial charge in [-0.1, -0.05) is 11.6 Å². The van der Waals surface area contributed by atoms with E-state index < -0.39 is 0 Å². The second-order valence-electron chi connectivity index (χ2n) is 6.70. The molecule has 1 fully saturated rings. The summed E-state index contributed by atoms with van der Waals surface area (Å²) in [6.45, 7) is 1.65. The summed E-state index contributed by atoms with van der Waals surface area (Å²) in [4.78, 5) is 7.02. The molecule has 4 rings (SSSR count). The first-order chi connectivity index (χ1) is 13.0. The number of imidazole rings is 1. The van der Waals surface area contributed by atoms with Crippen LogP contribution in [0, 0.1) is 0 Å². The predicted molar refractivity (Wildman–Crippen MR) is 111 cm³/mol. The summed E-state index contributed by atoms with van der Waals surface area (Å²) >= 11 is 9.95. The predicted octanol–water partition coefficient (Wildman–Crippen LogP) is 3.46. The summed E-state index contributed by atoms with van der Waals surface area (Å²) in [7, 11) is 1.55. The monoisotopic (exact) mass is 450 g/mol. The molecule has 0 unspecified atom stereocenters. The Bertz CT molecular complexity index is 1010. The minimum Gasteiger partial charge on any atom is -0.495 e. The number of ether oxygens (including phenoxy) is 1. The molecule has 27 heavy (non-hydrogen) atoms. The van der Waals surface area contributed by atoms with E-state index in [2.05, 4.69) is 26.9 Å². The third-order valence-electron chi connectivity index (χ3n) is 4.91. The minimum atomic E-state index is -0.128. The first-order valence-corrected chi connectivity index (χ1v) is 9.83. The number of rotatable bonds is 4. The summed E-state index contributed by atoms with van der Waals surface area (Å²) in [6.07, 6.45) is 4.91. The Balaban J connectivity index is 1.79. The number of halogens is 2. The summed E-state index contributed by atoms with van der Waals surface area (Å²) < 4.78 is 8.19. The van der Waals surface area contributed by atoms with Crippen LogP contribution < -0.4 is 15.4 Å². The van der Waals surface area contributed by atoms with Crippen molar-refractivity contribution < 1.29 is 9.84 Å². The van der Waals surface area contributed by atoms with Gasteiger partial charge in [0.1, 0.15) is 11.4 Å². The third-order valence-corrected chi connectivity index (χ3v) is 5.82. The number of aliphatic hydroxyl groups is 1. The van der Waals surface area contributed by atoms with Crippen molar-refractivity contribution in [3.8, 4) is 17.0 Å². The van der Waals surface area contributed by atoms with Crippen molar-refractivity contribution in [2.45, 2.75) is 19.1 Å². The van der Waals surface area contributed by atoms with Gasteiger partial charge in [-0.15, -0.1) is 0 Å². The Hall–Kier alpha value is -1.80. The Morgan fingerprint density at radius 2 is 2.19 bits per heavy atom.